The Morgan fingerprint density at radius 3 is 2.80 bits per heavy atom. The number of carbonyl (C=O) groups is 1. The molecule has 0 spiro atoms. The largest absolute Gasteiger partial charge is 0.322 e. The standard InChI is InChI=1S/C19H13FN4O/c20-16-8-2-1-7-15(16)18(25)22-14-6-3-5-13(11-14)17-12-24-10-4-9-21-19(24)23-17/h1-12H,(H,22,25). The molecule has 0 aliphatic heterocycles. The first-order valence-corrected chi connectivity index (χ1v) is 7.67. The fourth-order valence-corrected chi connectivity index (χ4v) is 2.57. The van der Waals surface area contributed by atoms with Crippen LogP contribution in [-0.4, -0.2) is 20.3 Å². The van der Waals surface area contributed by atoms with Gasteiger partial charge in [-0.2, -0.15) is 0 Å². The number of nitrogens with zero attached hydrogens (tertiary/aromatic N) is 3. The molecule has 0 fully saturated rings. The molecule has 0 atom stereocenters. The normalized spacial score (nSPS) is 10.8. The number of anilines is 1. The number of aromatic nitrogens is 3. The van der Waals surface area contributed by atoms with Crippen LogP contribution in [0.4, 0.5) is 10.1 Å². The van der Waals surface area contributed by atoms with Crippen molar-refractivity contribution in [3.63, 3.8) is 0 Å². The minimum Gasteiger partial charge on any atom is -0.322 e. The van der Waals surface area contributed by atoms with Crippen molar-refractivity contribution < 1.29 is 9.18 Å². The maximum Gasteiger partial charge on any atom is 0.258 e. The average molecular weight is 332 g/mol. The molecule has 0 saturated heterocycles. The van der Waals surface area contributed by atoms with Crippen LogP contribution in [0.1, 0.15) is 10.4 Å². The van der Waals surface area contributed by atoms with E-state index in [0.29, 0.717) is 11.5 Å². The van der Waals surface area contributed by atoms with E-state index in [4.69, 9.17) is 0 Å². The van der Waals surface area contributed by atoms with Crippen LogP contribution in [0.5, 0.6) is 0 Å². The lowest BCUT2D eigenvalue weighted by atomic mass is 10.1. The number of rotatable bonds is 3. The predicted octanol–water partition coefficient (Wildman–Crippen LogP) is 3.79. The third-order valence-corrected chi connectivity index (χ3v) is 3.77. The average Bonchev–Trinajstić information content (AvgIpc) is 3.06. The summed E-state index contributed by atoms with van der Waals surface area (Å²) in [6.45, 7) is 0. The molecule has 5 nitrogen and oxygen atoms in total. The van der Waals surface area contributed by atoms with Crippen LogP contribution in [-0.2, 0) is 0 Å². The van der Waals surface area contributed by atoms with Gasteiger partial charge in [0, 0.05) is 29.8 Å². The fourth-order valence-electron chi connectivity index (χ4n) is 2.57. The van der Waals surface area contributed by atoms with E-state index < -0.39 is 11.7 Å². The molecule has 2 aromatic heterocycles. The molecular formula is C19H13FN4O. The number of carbonyl (C=O) groups excluding carboxylic acids is 1. The molecule has 4 aromatic rings. The van der Waals surface area contributed by atoms with Crippen LogP contribution in [0, 0.1) is 5.82 Å². The van der Waals surface area contributed by atoms with E-state index in [1.54, 1.807) is 30.5 Å². The van der Waals surface area contributed by atoms with Gasteiger partial charge in [-0.15, -0.1) is 0 Å². The Balaban J connectivity index is 1.63. The summed E-state index contributed by atoms with van der Waals surface area (Å²) in [6.07, 6.45) is 5.40. The van der Waals surface area contributed by atoms with Crippen molar-refractivity contribution in [1.82, 2.24) is 14.4 Å². The summed E-state index contributed by atoms with van der Waals surface area (Å²) in [5, 5.41) is 2.71. The lowest BCUT2D eigenvalue weighted by molar-refractivity contribution is 0.102. The van der Waals surface area contributed by atoms with E-state index in [9.17, 15) is 9.18 Å². The molecule has 0 saturated carbocycles. The summed E-state index contributed by atoms with van der Waals surface area (Å²) >= 11 is 0. The fraction of sp³-hybridized carbons (Fsp3) is 0. The molecule has 1 N–H and O–H groups in total. The van der Waals surface area contributed by atoms with Crippen molar-refractivity contribution in [1.29, 1.82) is 0 Å². The second kappa shape index (κ2) is 6.16. The van der Waals surface area contributed by atoms with Crippen LogP contribution in [0.25, 0.3) is 17.0 Å². The number of benzene rings is 2. The van der Waals surface area contributed by atoms with Gasteiger partial charge in [0.2, 0.25) is 5.78 Å². The molecule has 0 aliphatic rings. The van der Waals surface area contributed by atoms with Gasteiger partial charge in [-0.1, -0.05) is 24.3 Å². The summed E-state index contributed by atoms with van der Waals surface area (Å²) in [7, 11) is 0. The Hall–Kier alpha value is -3.54. The highest BCUT2D eigenvalue weighted by Gasteiger charge is 2.12. The molecule has 1 amide bonds. The maximum absolute atomic E-state index is 13.7. The molecule has 4 rings (SSSR count). The summed E-state index contributed by atoms with van der Waals surface area (Å²) in [4.78, 5) is 20.9. The van der Waals surface area contributed by atoms with Gasteiger partial charge in [-0.3, -0.25) is 9.20 Å². The smallest absolute Gasteiger partial charge is 0.258 e. The minimum atomic E-state index is -0.553. The highest BCUT2D eigenvalue weighted by atomic mass is 19.1. The minimum absolute atomic E-state index is 0.00448. The molecule has 122 valence electrons. The molecule has 0 radical (unpaired) electrons. The van der Waals surface area contributed by atoms with Gasteiger partial charge < -0.3 is 5.32 Å². The number of amides is 1. The Labute approximate surface area is 142 Å². The van der Waals surface area contributed by atoms with E-state index >= 15 is 0 Å². The van der Waals surface area contributed by atoms with Crippen molar-refractivity contribution in [3.05, 3.63) is 84.6 Å². The third-order valence-electron chi connectivity index (χ3n) is 3.77. The molecule has 25 heavy (non-hydrogen) atoms. The lowest BCUT2D eigenvalue weighted by Crippen LogP contribution is -2.13. The number of halogens is 1. The van der Waals surface area contributed by atoms with Gasteiger partial charge in [0.25, 0.3) is 5.91 Å². The summed E-state index contributed by atoms with van der Waals surface area (Å²) in [5.41, 5.74) is 2.14. The molecule has 0 bridgehead atoms. The van der Waals surface area contributed by atoms with Gasteiger partial charge >= 0.3 is 0 Å². The summed E-state index contributed by atoms with van der Waals surface area (Å²) in [5.74, 6) is -0.451. The third kappa shape index (κ3) is 2.97. The molecule has 2 heterocycles. The summed E-state index contributed by atoms with van der Waals surface area (Å²) in [6, 6.07) is 14.9. The topological polar surface area (TPSA) is 59.3 Å². The number of imidazole rings is 1. The molecule has 6 heteroatoms. The van der Waals surface area contributed by atoms with Gasteiger partial charge in [0.15, 0.2) is 0 Å². The zero-order valence-electron chi connectivity index (χ0n) is 13.1. The first-order chi connectivity index (χ1) is 12.2. The summed E-state index contributed by atoms with van der Waals surface area (Å²) < 4.78 is 15.5. The van der Waals surface area contributed by atoms with Crippen molar-refractivity contribution in [3.8, 4) is 11.3 Å². The van der Waals surface area contributed by atoms with Gasteiger partial charge in [0.1, 0.15) is 5.82 Å². The van der Waals surface area contributed by atoms with Gasteiger partial charge in [-0.25, -0.2) is 14.4 Å². The number of nitrogens with one attached hydrogen (secondary N) is 1. The Kier molecular flexibility index (Phi) is 3.70. The monoisotopic (exact) mass is 332 g/mol. The number of fused-ring (bicyclic) bond motifs is 1. The van der Waals surface area contributed by atoms with Crippen molar-refractivity contribution in [2.24, 2.45) is 0 Å². The Morgan fingerprint density at radius 1 is 1.08 bits per heavy atom. The predicted molar refractivity (Wildman–Crippen MR) is 92.8 cm³/mol. The molecule has 2 aromatic carbocycles. The van der Waals surface area contributed by atoms with Crippen LogP contribution >= 0.6 is 0 Å². The van der Waals surface area contributed by atoms with E-state index in [2.05, 4.69) is 15.3 Å². The van der Waals surface area contributed by atoms with E-state index in [0.717, 1.165) is 11.3 Å². The SMILES string of the molecule is O=C(Nc1cccc(-c2cn3cccnc3n2)c1)c1ccccc1F. The zero-order valence-corrected chi connectivity index (χ0v) is 13.1. The van der Waals surface area contributed by atoms with E-state index in [1.165, 1.54) is 12.1 Å². The molecular weight excluding hydrogens is 319 g/mol. The highest BCUT2D eigenvalue weighted by molar-refractivity contribution is 6.04. The van der Waals surface area contributed by atoms with Gasteiger partial charge in [0.05, 0.1) is 11.3 Å². The Morgan fingerprint density at radius 2 is 1.96 bits per heavy atom. The second-order valence-electron chi connectivity index (χ2n) is 5.47. The molecule has 0 aliphatic carbocycles. The van der Waals surface area contributed by atoms with Crippen molar-refractivity contribution >= 4 is 17.4 Å². The second-order valence-corrected chi connectivity index (χ2v) is 5.47. The number of hydrogen-bond acceptors (Lipinski definition) is 3. The van der Waals surface area contributed by atoms with Crippen molar-refractivity contribution in [2.75, 3.05) is 5.32 Å². The Bertz CT molecular complexity index is 1040. The first kappa shape index (κ1) is 15.0. The molecule has 0 unspecified atom stereocenters. The van der Waals surface area contributed by atoms with Crippen LogP contribution in [0.2, 0.25) is 0 Å². The quantitative estimate of drug-likeness (QED) is 0.621. The zero-order chi connectivity index (χ0) is 17.2. The lowest BCUT2D eigenvalue weighted by Gasteiger charge is -2.07. The first-order valence-electron chi connectivity index (χ1n) is 7.67. The van der Waals surface area contributed by atoms with E-state index in [1.807, 2.05) is 35.0 Å². The van der Waals surface area contributed by atoms with E-state index in [-0.39, 0.29) is 5.56 Å². The number of hydrogen-bond donors (Lipinski definition) is 1. The van der Waals surface area contributed by atoms with Crippen molar-refractivity contribution in [2.45, 2.75) is 0 Å². The van der Waals surface area contributed by atoms with Crippen LogP contribution in [0.3, 0.4) is 0 Å². The maximum atomic E-state index is 13.7. The highest BCUT2D eigenvalue weighted by Crippen LogP contribution is 2.22. The van der Waals surface area contributed by atoms with Crippen LogP contribution in [0.15, 0.2) is 73.2 Å². The van der Waals surface area contributed by atoms with Crippen LogP contribution < -0.4 is 5.32 Å². The van der Waals surface area contributed by atoms with Gasteiger partial charge in [-0.05, 0) is 30.3 Å².